The first-order valence-corrected chi connectivity index (χ1v) is 7.40. The molecule has 1 aromatic rings. The van der Waals surface area contributed by atoms with Gasteiger partial charge >= 0.3 is 5.97 Å². The molecule has 7 heteroatoms. The summed E-state index contributed by atoms with van der Waals surface area (Å²) in [5, 5.41) is 0. The highest BCUT2D eigenvalue weighted by atomic mass is 19.2. The van der Waals surface area contributed by atoms with Gasteiger partial charge in [0, 0.05) is 0 Å². The maximum absolute atomic E-state index is 13.7. The molecule has 0 bridgehead atoms. The minimum Gasteiger partial charge on any atom is -0.420 e. The van der Waals surface area contributed by atoms with E-state index in [4.69, 9.17) is 0 Å². The van der Waals surface area contributed by atoms with Crippen molar-refractivity contribution in [3.05, 3.63) is 29.1 Å². The number of hydrogen-bond donors (Lipinski definition) is 0. The van der Waals surface area contributed by atoms with Crippen LogP contribution < -0.4 is 4.74 Å². The van der Waals surface area contributed by atoms with Crippen LogP contribution in [0.2, 0.25) is 0 Å². The second-order valence-corrected chi connectivity index (χ2v) is 8.00. The van der Waals surface area contributed by atoms with Gasteiger partial charge in [0.1, 0.15) is 0 Å². The highest BCUT2D eigenvalue weighted by molar-refractivity contribution is 5.76. The van der Waals surface area contributed by atoms with E-state index < -0.39 is 52.1 Å². The van der Waals surface area contributed by atoms with E-state index in [0.717, 1.165) is 0 Å². The standard InChI is InChI=1S/C17H21F5O2/c1-16(2,3)7-8(17(4,5)6)15(23)24-14-12(21)10(19)9(18)11(20)13(14)22/h8H,7H2,1-6H3. The van der Waals surface area contributed by atoms with Crippen LogP contribution in [0, 0.1) is 45.8 Å². The van der Waals surface area contributed by atoms with Crippen molar-refractivity contribution < 1.29 is 31.5 Å². The van der Waals surface area contributed by atoms with Gasteiger partial charge in [-0.3, -0.25) is 4.79 Å². The molecule has 0 spiro atoms. The molecular weight excluding hydrogens is 331 g/mol. The maximum atomic E-state index is 13.7. The highest BCUT2D eigenvalue weighted by Gasteiger charge is 2.38. The van der Waals surface area contributed by atoms with Gasteiger partial charge < -0.3 is 4.74 Å². The average molecular weight is 352 g/mol. The third-order valence-corrected chi connectivity index (χ3v) is 3.52. The summed E-state index contributed by atoms with van der Waals surface area (Å²) in [6.07, 6.45) is 0.310. The fourth-order valence-corrected chi connectivity index (χ4v) is 2.20. The Hall–Kier alpha value is -1.66. The Balaban J connectivity index is 3.27. The first kappa shape index (κ1) is 20.4. The summed E-state index contributed by atoms with van der Waals surface area (Å²) < 4.78 is 71.4. The molecule has 0 aliphatic carbocycles. The number of ether oxygens (including phenoxy) is 1. The molecule has 1 unspecified atom stereocenters. The van der Waals surface area contributed by atoms with Gasteiger partial charge in [0.15, 0.2) is 0 Å². The van der Waals surface area contributed by atoms with Crippen molar-refractivity contribution in [3.63, 3.8) is 0 Å². The van der Waals surface area contributed by atoms with E-state index in [1.54, 1.807) is 20.8 Å². The quantitative estimate of drug-likeness (QED) is 0.240. The minimum atomic E-state index is -2.30. The molecule has 1 rings (SSSR count). The van der Waals surface area contributed by atoms with Crippen LogP contribution in [-0.2, 0) is 4.79 Å². The molecule has 0 saturated carbocycles. The summed E-state index contributed by atoms with van der Waals surface area (Å²) in [4.78, 5) is 12.4. The zero-order valence-corrected chi connectivity index (χ0v) is 14.5. The van der Waals surface area contributed by atoms with Crippen LogP contribution in [0.4, 0.5) is 22.0 Å². The number of rotatable bonds is 3. The summed E-state index contributed by atoms with van der Waals surface area (Å²) in [5.41, 5.74) is -0.943. The molecule has 0 amide bonds. The van der Waals surface area contributed by atoms with Crippen LogP contribution in [0.15, 0.2) is 0 Å². The van der Waals surface area contributed by atoms with Crippen molar-refractivity contribution in [2.75, 3.05) is 0 Å². The smallest absolute Gasteiger partial charge is 0.315 e. The van der Waals surface area contributed by atoms with Crippen molar-refractivity contribution >= 4 is 5.97 Å². The van der Waals surface area contributed by atoms with Gasteiger partial charge in [-0.15, -0.1) is 0 Å². The van der Waals surface area contributed by atoms with E-state index in [-0.39, 0.29) is 5.41 Å². The molecule has 136 valence electrons. The Morgan fingerprint density at radius 1 is 0.833 bits per heavy atom. The van der Waals surface area contributed by atoms with Crippen LogP contribution in [0.5, 0.6) is 5.75 Å². The van der Waals surface area contributed by atoms with Crippen molar-refractivity contribution in [2.24, 2.45) is 16.7 Å². The number of hydrogen-bond acceptors (Lipinski definition) is 2. The first-order valence-electron chi connectivity index (χ1n) is 7.40. The summed E-state index contributed by atoms with van der Waals surface area (Å²) in [6.45, 7) is 10.8. The number of carbonyl (C=O) groups is 1. The molecule has 0 aromatic heterocycles. The van der Waals surface area contributed by atoms with E-state index in [2.05, 4.69) is 4.74 Å². The molecular formula is C17H21F5O2. The highest BCUT2D eigenvalue weighted by Crippen LogP contribution is 2.38. The lowest BCUT2D eigenvalue weighted by Gasteiger charge is -2.33. The van der Waals surface area contributed by atoms with Gasteiger partial charge in [0.05, 0.1) is 5.92 Å². The van der Waals surface area contributed by atoms with Crippen LogP contribution in [0.1, 0.15) is 48.0 Å². The lowest BCUT2D eigenvalue weighted by Crippen LogP contribution is -2.35. The Kier molecular flexibility index (Phi) is 5.68. The van der Waals surface area contributed by atoms with Gasteiger partial charge in [-0.1, -0.05) is 41.5 Å². The van der Waals surface area contributed by atoms with Crippen molar-refractivity contribution in [1.82, 2.24) is 0 Å². The zero-order chi connectivity index (χ0) is 19.0. The van der Waals surface area contributed by atoms with Crippen LogP contribution in [-0.4, -0.2) is 5.97 Å². The van der Waals surface area contributed by atoms with Gasteiger partial charge in [-0.25, -0.2) is 13.2 Å². The largest absolute Gasteiger partial charge is 0.420 e. The van der Waals surface area contributed by atoms with Crippen molar-refractivity contribution in [1.29, 1.82) is 0 Å². The lowest BCUT2D eigenvalue weighted by atomic mass is 9.72. The summed E-state index contributed by atoms with van der Waals surface area (Å²) in [6, 6.07) is 0. The second-order valence-electron chi connectivity index (χ2n) is 8.00. The summed E-state index contributed by atoms with van der Waals surface area (Å²) in [7, 11) is 0. The van der Waals surface area contributed by atoms with Crippen LogP contribution >= 0.6 is 0 Å². The number of esters is 1. The van der Waals surface area contributed by atoms with E-state index in [9.17, 15) is 26.7 Å². The number of carbonyl (C=O) groups excluding carboxylic acids is 1. The van der Waals surface area contributed by atoms with Crippen LogP contribution in [0.25, 0.3) is 0 Å². The predicted molar refractivity (Wildman–Crippen MR) is 78.9 cm³/mol. The predicted octanol–water partition coefficient (Wildman–Crippen LogP) is 5.39. The van der Waals surface area contributed by atoms with E-state index in [0.29, 0.717) is 6.42 Å². The third kappa shape index (κ3) is 4.45. The number of benzene rings is 1. The fourth-order valence-electron chi connectivity index (χ4n) is 2.20. The van der Waals surface area contributed by atoms with Gasteiger partial charge in [0.25, 0.3) is 0 Å². The molecule has 0 N–H and O–H groups in total. The Morgan fingerprint density at radius 3 is 1.54 bits per heavy atom. The fraction of sp³-hybridized carbons (Fsp3) is 0.588. The molecule has 0 aliphatic heterocycles. The molecule has 2 nitrogen and oxygen atoms in total. The van der Waals surface area contributed by atoms with E-state index >= 15 is 0 Å². The number of halogens is 5. The average Bonchev–Trinajstić information content (AvgIpc) is 2.43. The minimum absolute atomic E-state index is 0.310. The molecule has 0 heterocycles. The topological polar surface area (TPSA) is 26.3 Å². The first-order chi connectivity index (χ1) is 10.7. The molecule has 0 aliphatic rings. The molecule has 0 saturated heterocycles. The zero-order valence-electron chi connectivity index (χ0n) is 14.5. The molecule has 24 heavy (non-hydrogen) atoms. The molecule has 0 fully saturated rings. The second kappa shape index (κ2) is 6.69. The lowest BCUT2D eigenvalue weighted by molar-refractivity contribution is -0.144. The Morgan fingerprint density at radius 2 is 1.21 bits per heavy atom. The Labute approximate surface area is 138 Å². The SMILES string of the molecule is CC(C)(C)CC(C(=O)Oc1c(F)c(F)c(F)c(F)c1F)C(C)(C)C. The van der Waals surface area contributed by atoms with Gasteiger partial charge in [0.2, 0.25) is 34.8 Å². The normalized spacial score (nSPS) is 13.8. The molecule has 0 radical (unpaired) electrons. The van der Waals surface area contributed by atoms with E-state index in [1.807, 2.05) is 20.8 Å². The molecule has 1 aromatic carbocycles. The third-order valence-electron chi connectivity index (χ3n) is 3.52. The maximum Gasteiger partial charge on any atom is 0.315 e. The molecule has 1 atom stereocenters. The van der Waals surface area contributed by atoms with Gasteiger partial charge in [-0.05, 0) is 17.3 Å². The summed E-state index contributed by atoms with van der Waals surface area (Å²) in [5.74, 6) is -14.3. The van der Waals surface area contributed by atoms with Crippen molar-refractivity contribution in [3.8, 4) is 5.75 Å². The van der Waals surface area contributed by atoms with Crippen LogP contribution in [0.3, 0.4) is 0 Å². The monoisotopic (exact) mass is 352 g/mol. The van der Waals surface area contributed by atoms with E-state index in [1.165, 1.54) is 0 Å². The summed E-state index contributed by atoms with van der Waals surface area (Å²) >= 11 is 0. The van der Waals surface area contributed by atoms with Crippen molar-refractivity contribution in [2.45, 2.75) is 48.0 Å². The Bertz CT molecular complexity index is 613. The van der Waals surface area contributed by atoms with Gasteiger partial charge in [-0.2, -0.15) is 8.78 Å².